The third kappa shape index (κ3) is 3.83. The van der Waals surface area contributed by atoms with Crippen molar-refractivity contribution in [3.05, 3.63) is 53.5 Å². The molecule has 4 rings (SSSR count). The Hall–Kier alpha value is -3.35. The highest BCUT2D eigenvalue weighted by atomic mass is 17.2. The van der Waals surface area contributed by atoms with Crippen molar-refractivity contribution in [3.63, 3.8) is 0 Å². The molecule has 0 amide bonds. The molecule has 0 bridgehead atoms. The van der Waals surface area contributed by atoms with Crippen LogP contribution in [0, 0.1) is 0 Å². The summed E-state index contributed by atoms with van der Waals surface area (Å²) in [6.07, 6.45) is 2.51. The minimum absolute atomic E-state index is 0.369. The molecule has 0 spiro atoms. The van der Waals surface area contributed by atoms with Gasteiger partial charge in [-0.05, 0) is 12.1 Å². The Morgan fingerprint density at radius 2 is 1.65 bits per heavy atom. The van der Waals surface area contributed by atoms with Crippen molar-refractivity contribution in [2.24, 2.45) is 0 Å². The monoisotopic (exact) mass is 358 g/mol. The Morgan fingerprint density at radius 1 is 0.923 bits per heavy atom. The molecule has 0 unspecified atom stereocenters. The zero-order chi connectivity index (χ0) is 18.4. The lowest BCUT2D eigenvalue weighted by Crippen LogP contribution is -2.15. The third-order valence-corrected chi connectivity index (χ3v) is 3.63. The summed E-state index contributed by atoms with van der Waals surface area (Å²) in [5, 5.41) is 0. The highest BCUT2D eigenvalue weighted by molar-refractivity contribution is 5.81. The Morgan fingerprint density at radius 3 is 2.35 bits per heavy atom. The maximum Gasteiger partial charge on any atom is 0.331 e. The average Bonchev–Trinajstić information content (AvgIpc) is 2.72. The summed E-state index contributed by atoms with van der Waals surface area (Å²) < 4.78 is 20.6. The van der Waals surface area contributed by atoms with Crippen molar-refractivity contribution < 1.29 is 33.5 Å². The van der Waals surface area contributed by atoms with Gasteiger partial charge in [0.25, 0.3) is 0 Å². The van der Waals surface area contributed by atoms with Gasteiger partial charge in [-0.1, -0.05) is 18.2 Å². The number of rotatable bonds is 3. The number of fused-ring (bicyclic) bond motifs is 2. The van der Waals surface area contributed by atoms with Crippen molar-refractivity contribution in [2.75, 3.05) is 27.4 Å². The second-order valence-corrected chi connectivity index (χ2v) is 5.23. The molecule has 136 valence electrons. The topological polar surface area (TPSA) is 72.5 Å². The molecule has 0 atom stereocenters. The van der Waals surface area contributed by atoms with Gasteiger partial charge in [0.15, 0.2) is 23.5 Å². The largest absolute Gasteiger partial charge is 0.496 e. The van der Waals surface area contributed by atoms with Crippen LogP contribution in [-0.2, 0) is 9.62 Å². The van der Waals surface area contributed by atoms with E-state index in [2.05, 4.69) is 0 Å². The van der Waals surface area contributed by atoms with E-state index < -0.39 is 0 Å². The molecule has 0 saturated carbocycles. The smallest absolute Gasteiger partial charge is 0.331 e. The Labute approximate surface area is 150 Å². The fraction of sp³-hybridized carbons (Fsp3) is 0.211. The van der Waals surface area contributed by atoms with Crippen molar-refractivity contribution in [1.82, 2.24) is 0 Å². The first-order chi connectivity index (χ1) is 12.7. The van der Waals surface area contributed by atoms with Crippen LogP contribution < -0.4 is 19.1 Å². The molecule has 7 heteroatoms. The standard InChI is InChI=1S/C10H10O4.C9H8O3/c1-12-8-5-10-9(4-7(8)6-11)13-2-3-14-10;1-10-9-6-7-4-2-3-5-8(7)11-12-9/h4-6H,2-3H2,1H3;2-6H,1H3. The molecule has 7 nitrogen and oxygen atoms in total. The zero-order valence-corrected chi connectivity index (χ0v) is 14.4. The summed E-state index contributed by atoms with van der Waals surface area (Å²) in [5.74, 6) is 2.80. The molecule has 0 saturated heterocycles. The zero-order valence-electron chi connectivity index (χ0n) is 14.4. The van der Waals surface area contributed by atoms with Crippen LogP contribution in [0.5, 0.6) is 23.0 Å². The minimum Gasteiger partial charge on any atom is -0.496 e. The average molecular weight is 358 g/mol. The lowest BCUT2D eigenvalue weighted by molar-refractivity contribution is -0.208. The van der Waals surface area contributed by atoms with E-state index >= 15 is 0 Å². The lowest BCUT2D eigenvalue weighted by Gasteiger charge is -2.19. The molecule has 26 heavy (non-hydrogen) atoms. The number of ether oxygens (including phenoxy) is 4. The summed E-state index contributed by atoms with van der Waals surface area (Å²) in [6, 6.07) is 10.9. The van der Waals surface area contributed by atoms with Gasteiger partial charge in [-0.15, -0.1) is 0 Å². The number of methoxy groups -OCH3 is 2. The quantitative estimate of drug-likeness (QED) is 0.616. The van der Waals surface area contributed by atoms with Crippen molar-refractivity contribution in [3.8, 4) is 23.0 Å². The SMILES string of the molecule is COC1=Cc2ccccc2OO1.COc1cc2c(cc1C=O)OCCO2. The number of carbonyl (C=O) groups is 1. The highest BCUT2D eigenvalue weighted by Gasteiger charge is 2.15. The van der Waals surface area contributed by atoms with Crippen molar-refractivity contribution >= 4 is 12.4 Å². The van der Waals surface area contributed by atoms with Crippen LogP contribution in [0.25, 0.3) is 6.08 Å². The van der Waals surface area contributed by atoms with Gasteiger partial charge in [0.1, 0.15) is 19.0 Å². The number of carbonyl (C=O) groups excluding carboxylic acids is 1. The maximum atomic E-state index is 10.7. The number of hydrogen-bond donors (Lipinski definition) is 0. The van der Waals surface area contributed by atoms with E-state index in [9.17, 15) is 4.79 Å². The minimum atomic E-state index is 0.369. The van der Waals surface area contributed by atoms with Crippen LogP contribution in [0.1, 0.15) is 15.9 Å². The van der Waals surface area contributed by atoms with Gasteiger partial charge in [-0.2, -0.15) is 0 Å². The molecule has 0 N–H and O–H groups in total. The lowest BCUT2D eigenvalue weighted by atomic mass is 10.2. The summed E-state index contributed by atoms with van der Waals surface area (Å²) in [6.45, 7) is 1.04. The van der Waals surface area contributed by atoms with Crippen LogP contribution in [0.4, 0.5) is 0 Å². The van der Waals surface area contributed by atoms with E-state index in [0.717, 1.165) is 11.8 Å². The summed E-state index contributed by atoms with van der Waals surface area (Å²) in [7, 11) is 3.04. The predicted octanol–water partition coefficient (Wildman–Crippen LogP) is 3.23. The van der Waals surface area contributed by atoms with E-state index in [-0.39, 0.29) is 0 Å². The van der Waals surface area contributed by atoms with Gasteiger partial charge in [-0.25, -0.2) is 0 Å². The number of benzene rings is 2. The van der Waals surface area contributed by atoms with Gasteiger partial charge in [-0.3, -0.25) is 14.6 Å². The van der Waals surface area contributed by atoms with Crippen LogP contribution >= 0.6 is 0 Å². The Bertz CT molecular complexity index is 814. The molecule has 0 fully saturated rings. The highest BCUT2D eigenvalue weighted by Crippen LogP contribution is 2.35. The Balaban J connectivity index is 0.000000152. The van der Waals surface area contributed by atoms with E-state index in [1.807, 2.05) is 24.3 Å². The number of para-hydroxylation sites is 1. The molecular weight excluding hydrogens is 340 g/mol. The normalized spacial score (nSPS) is 13.5. The van der Waals surface area contributed by atoms with Gasteiger partial charge in [0.05, 0.1) is 19.8 Å². The molecule has 0 aliphatic carbocycles. The maximum absolute atomic E-state index is 10.7. The second kappa shape index (κ2) is 8.15. The first-order valence-electron chi connectivity index (χ1n) is 7.87. The van der Waals surface area contributed by atoms with Crippen LogP contribution in [-0.4, -0.2) is 33.7 Å². The van der Waals surface area contributed by atoms with Gasteiger partial charge in [0, 0.05) is 17.7 Å². The molecule has 2 heterocycles. The molecule has 0 radical (unpaired) electrons. The fourth-order valence-electron chi connectivity index (χ4n) is 2.36. The summed E-state index contributed by atoms with van der Waals surface area (Å²) in [5.41, 5.74) is 1.43. The Kier molecular flexibility index (Phi) is 5.48. The predicted molar refractivity (Wildman–Crippen MR) is 92.5 cm³/mol. The molecular formula is C19H18O7. The fourth-order valence-corrected chi connectivity index (χ4v) is 2.36. The van der Waals surface area contributed by atoms with Crippen molar-refractivity contribution in [2.45, 2.75) is 0 Å². The third-order valence-electron chi connectivity index (χ3n) is 3.63. The molecule has 2 aromatic rings. The second-order valence-electron chi connectivity index (χ2n) is 5.23. The molecule has 2 aliphatic heterocycles. The van der Waals surface area contributed by atoms with Crippen LogP contribution in [0.15, 0.2) is 42.3 Å². The van der Waals surface area contributed by atoms with Crippen LogP contribution in [0.2, 0.25) is 0 Å². The van der Waals surface area contributed by atoms with E-state index in [4.69, 9.17) is 28.7 Å². The molecule has 2 aliphatic rings. The first kappa shape index (κ1) is 17.5. The molecule has 2 aromatic carbocycles. The number of aldehydes is 1. The van der Waals surface area contributed by atoms with E-state index in [1.165, 1.54) is 14.2 Å². The number of hydrogen-bond acceptors (Lipinski definition) is 7. The van der Waals surface area contributed by atoms with Crippen molar-refractivity contribution in [1.29, 1.82) is 0 Å². The summed E-state index contributed by atoms with van der Waals surface area (Å²) in [4.78, 5) is 20.4. The van der Waals surface area contributed by atoms with E-state index in [1.54, 1.807) is 18.2 Å². The molecule has 0 aromatic heterocycles. The first-order valence-corrected chi connectivity index (χ1v) is 7.87. The van der Waals surface area contributed by atoms with Gasteiger partial charge < -0.3 is 18.9 Å². The van der Waals surface area contributed by atoms with E-state index in [0.29, 0.717) is 47.7 Å². The van der Waals surface area contributed by atoms with Crippen LogP contribution in [0.3, 0.4) is 0 Å². The van der Waals surface area contributed by atoms with Gasteiger partial charge in [0.2, 0.25) is 0 Å². The summed E-state index contributed by atoms with van der Waals surface area (Å²) >= 11 is 0. The van der Waals surface area contributed by atoms with Gasteiger partial charge >= 0.3 is 5.95 Å².